The number of hydrogen-bond acceptors (Lipinski definition) is 4. The molecule has 118 valence electrons. The first-order valence-electron chi connectivity index (χ1n) is 7.13. The molecule has 2 aromatic rings. The zero-order chi connectivity index (χ0) is 16.4. The maximum absolute atomic E-state index is 12.2. The number of nitrogens with zero attached hydrogens (tertiary/aromatic N) is 1. The van der Waals surface area contributed by atoms with Crippen molar-refractivity contribution < 1.29 is 14.3 Å². The van der Waals surface area contributed by atoms with Crippen molar-refractivity contribution in [2.45, 2.75) is 6.92 Å². The monoisotopic (exact) mass is 422 g/mol. The Kier molecular flexibility index (Phi) is 4.51. The largest absolute Gasteiger partial charge is 0.423 e. The normalized spacial score (nSPS) is 13.3. The van der Waals surface area contributed by atoms with Gasteiger partial charge in [-0.05, 0) is 71.5 Å². The smallest absolute Gasteiger partial charge is 0.331 e. The fourth-order valence-corrected chi connectivity index (χ4v) is 2.77. The highest BCUT2D eigenvalue weighted by atomic mass is 127. The molecular weight excluding hydrogens is 407 g/mol. The van der Waals surface area contributed by atoms with Crippen molar-refractivity contribution in [1.82, 2.24) is 0 Å². The summed E-state index contributed by atoms with van der Waals surface area (Å²) in [5.74, 6) is -0.0269. The maximum Gasteiger partial charge on any atom is 0.331 e. The third-order valence-corrected chi connectivity index (χ3v) is 4.18. The van der Waals surface area contributed by atoms with E-state index in [1.54, 1.807) is 11.0 Å². The molecule has 3 rings (SSSR count). The Morgan fingerprint density at radius 1 is 1.26 bits per heavy atom. The van der Waals surface area contributed by atoms with Gasteiger partial charge < -0.3 is 15.0 Å². The lowest BCUT2D eigenvalue weighted by Gasteiger charge is -2.29. The number of nitrogens with one attached hydrogen (secondary N) is 1. The SMILES string of the molecule is Cc1ccc2c(c1)OC(=O)CN2CC(=O)Nc1ccc(I)cc1. The highest BCUT2D eigenvalue weighted by Crippen LogP contribution is 2.32. The Bertz CT molecular complexity index is 759. The van der Waals surface area contributed by atoms with E-state index in [0.29, 0.717) is 5.75 Å². The lowest BCUT2D eigenvalue weighted by Crippen LogP contribution is -2.41. The van der Waals surface area contributed by atoms with Gasteiger partial charge in [0.1, 0.15) is 6.54 Å². The second-order valence-corrected chi connectivity index (χ2v) is 6.60. The fourth-order valence-electron chi connectivity index (χ4n) is 2.41. The Balaban J connectivity index is 1.73. The van der Waals surface area contributed by atoms with E-state index in [4.69, 9.17) is 4.74 Å². The second-order valence-electron chi connectivity index (χ2n) is 5.36. The molecule has 0 radical (unpaired) electrons. The average Bonchev–Trinajstić information content (AvgIpc) is 2.49. The van der Waals surface area contributed by atoms with Crippen LogP contribution >= 0.6 is 22.6 Å². The molecule has 0 saturated heterocycles. The Morgan fingerprint density at radius 2 is 2.00 bits per heavy atom. The lowest BCUT2D eigenvalue weighted by atomic mass is 10.1. The molecule has 2 aromatic carbocycles. The summed E-state index contributed by atoms with van der Waals surface area (Å²) in [6.07, 6.45) is 0. The van der Waals surface area contributed by atoms with Crippen LogP contribution in [-0.2, 0) is 9.59 Å². The van der Waals surface area contributed by atoms with E-state index in [-0.39, 0.29) is 25.0 Å². The molecule has 0 aliphatic carbocycles. The van der Waals surface area contributed by atoms with Crippen LogP contribution in [0.5, 0.6) is 5.75 Å². The molecule has 0 spiro atoms. The van der Waals surface area contributed by atoms with Crippen LogP contribution < -0.4 is 15.0 Å². The number of amides is 1. The van der Waals surface area contributed by atoms with Gasteiger partial charge in [-0.3, -0.25) is 4.79 Å². The molecule has 1 aliphatic heterocycles. The number of carbonyl (C=O) groups excluding carboxylic acids is 2. The highest BCUT2D eigenvalue weighted by Gasteiger charge is 2.25. The third kappa shape index (κ3) is 3.82. The summed E-state index contributed by atoms with van der Waals surface area (Å²) < 4.78 is 6.34. The van der Waals surface area contributed by atoms with Crippen LogP contribution in [0.15, 0.2) is 42.5 Å². The molecule has 0 bridgehead atoms. The molecule has 1 amide bonds. The summed E-state index contributed by atoms with van der Waals surface area (Å²) in [7, 11) is 0. The molecule has 5 nitrogen and oxygen atoms in total. The first kappa shape index (κ1) is 15.8. The molecule has 0 fully saturated rings. The minimum atomic E-state index is -0.356. The summed E-state index contributed by atoms with van der Waals surface area (Å²) in [4.78, 5) is 25.7. The summed E-state index contributed by atoms with van der Waals surface area (Å²) >= 11 is 2.21. The molecule has 0 atom stereocenters. The van der Waals surface area contributed by atoms with Gasteiger partial charge in [0.15, 0.2) is 5.75 Å². The molecule has 0 saturated carbocycles. The molecule has 0 unspecified atom stereocenters. The minimum absolute atomic E-state index is 0.0656. The van der Waals surface area contributed by atoms with Crippen LogP contribution in [0.3, 0.4) is 0 Å². The first-order valence-corrected chi connectivity index (χ1v) is 8.21. The average molecular weight is 422 g/mol. The van der Waals surface area contributed by atoms with Gasteiger partial charge >= 0.3 is 5.97 Å². The van der Waals surface area contributed by atoms with E-state index in [1.807, 2.05) is 43.3 Å². The number of carbonyl (C=O) groups is 2. The van der Waals surface area contributed by atoms with Crippen molar-refractivity contribution >= 4 is 45.8 Å². The number of benzene rings is 2. The molecule has 1 N–H and O–H groups in total. The van der Waals surface area contributed by atoms with Crippen molar-refractivity contribution in [3.8, 4) is 5.75 Å². The van der Waals surface area contributed by atoms with Gasteiger partial charge in [0, 0.05) is 9.26 Å². The summed E-state index contributed by atoms with van der Waals surface area (Å²) in [5, 5.41) is 2.84. The number of rotatable bonds is 3. The van der Waals surface area contributed by atoms with Gasteiger partial charge in [0.05, 0.1) is 12.2 Å². The molecule has 0 aromatic heterocycles. The third-order valence-electron chi connectivity index (χ3n) is 3.46. The Hall–Kier alpha value is -2.09. The number of fused-ring (bicyclic) bond motifs is 1. The topological polar surface area (TPSA) is 58.6 Å². The summed E-state index contributed by atoms with van der Waals surface area (Å²) in [6, 6.07) is 13.1. The zero-order valence-corrected chi connectivity index (χ0v) is 14.7. The molecule has 6 heteroatoms. The predicted octanol–water partition coefficient (Wildman–Crippen LogP) is 2.96. The molecular formula is C17H15IN2O3. The van der Waals surface area contributed by atoms with E-state index in [9.17, 15) is 9.59 Å². The van der Waals surface area contributed by atoms with Gasteiger partial charge in [-0.15, -0.1) is 0 Å². The van der Waals surface area contributed by atoms with Crippen molar-refractivity contribution in [3.05, 3.63) is 51.6 Å². The maximum atomic E-state index is 12.2. The predicted molar refractivity (Wildman–Crippen MR) is 96.8 cm³/mol. The van der Waals surface area contributed by atoms with E-state index in [0.717, 1.165) is 20.5 Å². The number of anilines is 2. The number of hydrogen-bond donors (Lipinski definition) is 1. The van der Waals surface area contributed by atoms with Crippen molar-refractivity contribution in [2.75, 3.05) is 23.3 Å². The van der Waals surface area contributed by atoms with E-state index < -0.39 is 0 Å². The van der Waals surface area contributed by atoms with Crippen LogP contribution in [-0.4, -0.2) is 25.0 Å². The lowest BCUT2D eigenvalue weighted by molar-refractivity contribution is -0.133. The van der Waals surface area contributed by atoms with Crippen LogP contribution in [0.1, 0.15) is 5.56 Å². The van der Waals surface area contributed by atoms with Gasteiger partial charge in [0.2, 0.25) is 5.91 Å². The van der Waals surface area contributed by atoms with E-state index >= 15 is 0 Å². The van der Waals surface area contributed by atoms with Gasteiger partial charge in [-0.1, -0.05) is 6.07 Å². The summed E-state index contributed by atoms with van der Waals surface area (Å²) in [6.45, 7) is 2.09. The quantitative estimate of drug-likeness (QED) is 0.470. The molecule has 23 heavy (non-hydrogen) atoms. The van der Waals surface area contributed by atoms with Crippen molar-refractivity contribution in [1.29, 1.82) is 0 Å². The second kappa shape index (κ2) is 6.57. The standard InChI is InChI=1S/C17H15IN2O3/c1-11-2-7-14-15(8-11)23-17(22)10-20(14)9-16(21)19-13-5-3-12(18)4-6-13/h2-8H,9-10H2,1H3,(H,19,21). The number of halogens is 1. The molecule has 1 aliphatic rings. The first-order chi connectivity index (χ1) is 11.0. The minimum Gasteiger partial charge on any atom is -0.423 e. The number of ether oxygens (including phenoxy) is 1. The van der Waals surface area contributed by atoms with Crippen LogP contribution in [0.4, 0.5) is 11.4 Å². The number of aryl methyl sites for hydroxylation is 1. The van der Waals surface area contributed by atoms with Gasteiger partial charge in [-0.25, -0.2) is 4.79 Å². The summed E-state index contributed by atoms with van der Waals surface area (Å²) in [5.41, 5.74) is 2.49. The van der Waals surface area contributed by atoms with E-state index in [2.05, 4.69) is 27.9 Å². The molecule has 1 heterocycles. The Labute approximate surface area is 147 Å². The van der Waals surface area contributed by atoms with Crippen molar-refractivity contribution in [3.63, 3.8) is 0 Å². The zero-order valence-electron chi connectivity index (χ0n) is 12.5. The highest BCUT2D eigenvalue weighted by molar-refractivity contribution is 14.1. The van der Waals surface area contributed by atoms with Crippen molar-refractivity contribution in [2.24, 2.45) is 0 Å². The van der Waals surface area contributed by atoms with Gasteiger partial charge in [0.25, 0.3) is 0 Å². The van der Waals surface area contributed by atoms with Crippen LogP contribution in [0, 0.1) is 10.5 Å². The van der Waals surface area contributed by atoms with Gasteiger partial charge in [-0.2, -0.15) is 0 Å². The number of esters is 1. The van der Waals surface area contributed by atoms with Crippen LogP contribution in [0.25, 0.3) is 0 Å². The van der Waals surface area contributed by atoms with E-state index in [1.165, 1.54) is 0 Å². The fraction of sp³-hybridized carbons (Fsp3) is 0.176. The van der Waals surface area contributed by atoms with Crippen LogP contribution in [0.2, 0.25) is 0 Å². The Morgan fingerprint density at radius 3 is 2.74 bits per heavy atom.